The maximum atomic E-state index is 11.8. The summed E-state index contributed by atoms with van der Waals surface area (Å²) in [7, 11) is 0. The van der Waals surface area contributed by atoms with E-state index in [4.69, 9.17) is 11.6 Å². The highest BCUT2D eigenvalue weighted by Crippen LogP contribution is 2.18. The average Bonchev–Trinajstić information content (AvgIpc) is 2.68. The van der Waals surface area contributed by atoms with E-state index in [0.717, 1.165) is 23.5 Å². The van der Waals surface area contributed by atoms with Crippen molar-refractivity contribution in [2.24, 2.45) is 0 Å². The van der Waals surface area contributed by atoms with Crippen molar-refractivity contribution in [1.29, 1.82) is 0 Å². The van der Waals surface area contributed by atoms with Gasteiger partial charge in [0.05, 0.1) is 5.88 Å². The van der Waals surface area contributed by atoms with Crippen LogP contribution in [0.25, 0.3) is 0 Å². The van der Waals surface area contributed by atoms with Crippen LogP contribution in [0.15, 0.2) is 30.3 Å². The van der Waals surface area contributed by atoms with E-state index >= 15 is 0 Å². The van der Waals surface area contributed by atoms with Crippen molar-refractivity contribution < 1.29 is 4.79 Å². The highest BCUT2D eigenvalue weighted by molar-refractivity contribution is 6.30. The van der Waals surface area contributed by atoms with Crippen molar-refractivity contribution in [2.45, 2.75) is 27.3 Å². The van der Waals surface area contributed by atoms with Gasteiger partial charge >= 0.3 is 0 Å². The second-order valence-corrected chi connectivity index (χ2v) is 5.18. The van der Waals surface area contributed by atoms with Gasteiger partial charge in [0, 0.05) is 23.5 Å². The fraction of sp³-hybridized carbons (Fsp3) is 0.312. The number of aryl methyl sites for hydroxylation is 2. The first-order chi connectivity index (χ1) is 9.02. The van der Waals surface area contributed by atoms with Crippen molar-refractivity contribution in [3.8, 4) is 0 Å². The molecule has 0 saturated heterocycles. The van der Waals surface area contributed by atoms with Crippen molar-refractivity contribution in [3.63, 3.8) is 0 Å². The van der Waals surface area contributed by atoms with Crippen LogP contribution in [-0.2, 0) is 6.54 Å². The maximum Gasteiger partial charge on any atom is 0.179 e. The third-order valence-electron chi connectivity index (χ3n) is 3.46. The summed E-state index contributed by atoms with van der Waals surface area (Å²) in [5.41, 5.74) is 5.30. The fourth-order valence-corrected chi connectivity index (χ4v) is 2.42. The van der Waals surface area contributed by atoms with E-state index < -0.39 is 0 Å². The number of carbonyl (C=O) groups is 1. The van der Waals surface area contributed by atoms with E-state index in [9.17, 15) is 4.79 Å². The molecule has 19 heavy (non-hydrogen) atoms. The van der Waals surface area contributed by atoms with Gasteiger partial charge in [-0.3, -0.25) is 4.79 Å². The number of alkyl halides is 1. The Bertz CT molecular complexity index is 596. The summed E-state index contributed by atoms with van der Waals surface area (Å²) in [6.07, 6.45) is 0. The molecule has 3 heteroatoms. The molecule has 2 aromatic rings. The maximum absolute atomic E-state index is 11.8. The minimum Gasteiger partial charge on any atom is -0.344 e. The molecule has 1 aromatic heterocycles. The van der Waals surface area contributed by atoms with Crippen LogP contribution in [0.2, 0.25) is 0 Å². The lowest BCUT2D eigenvalue weighted by Crippen LogP contribution is -2.06. The average molecular weight is 276 g/mol. The largest absolute Gasteiger partial charge is 0.344 e. The number of nitrogens with zero attached hydrogens (tertiary/aromatic N) is 1. The highest BCUT2D eigenvalue weighted by Gasteiger charge is 2.14. The smallest absolute Gasteiger partial charge is 0.179 e. The van der Waals surface area contributed by atoms with Gasteiger partial charge in [0.25, 0.3) is 0 Å². The molecule has 2 nitrogen and oxygen atoms in total. The summed E-state index contributed by atoms with van der Waals surface area (Å²) in [6, 6.07) is 10.4. The van der Waals surface area contributed by atoms with Crippen molar-refractivity contribution in [2.75, 3.05) is 5.88 Å². The SMILES string of the molecule is Cc1ccc(Cn2c(C)cc(C(=O)CCl)c2C)cc1. The van der Waals surface area contributed by atoms with Crippen LogP contribution < -0.4 is 0 Å². The van der Waals surface area contributed by atoms with Crippen LogP contribution in [0.1, 0.15) is 32.9 Å². The van der Waals surface area contributed by atoms with E-state index in [-0.39, 0.29) is 11.7 Å². The van der Waals surface area contributed by atoms with Gasteiger partial charge in [-0.15, -0.1) is 11.6 Å². The van der Waals surface area contributed by atoms with Gasteiger partial charge in [-0.1, -0.05) is 29.8 Å². The molecule has 0 spiro atoms. The van der Waals surface area contributed by atoms with Gasteiger partial charge < -0.3 is 4.57 Å². The van der Waals surface area contributed by atoms with E-state index in [1.165, 1.54) is 11.1 Å². The first-order valence-electron chi connectivity index (χ1n) is 6.34. The second kappa shape index (κ2) is 5.62. The zero-order valence-electron chi connectivity index (χ0n) is 11.5. The second-order valence-electron chi connectivity index (χ2n) is 4.91. The molecule has 0 unspecified atom stereocenters. The molecular formula is C16H18ClNO. The number of hydrogen-bond donors (Lipinski definition) is 0. The zero-order chi connectivity index (χ0) is 14.0. The van der Waals surface area contributed by atoms with E-state index in [0.29, 0.717) is 0 Å². The Labute approximate surface area is 119 Å². The number of rotatable bonds is 4. The molecule has 0 fully saturated rings. The first-order valence-corrected chi connectivity index (χ1v) is 6.88. The van der Waals surface area contributed by atoms with E-state index in [1.807, 2.05) is 19.9 Å². The van der Waals surface area contributed by atoms with Gasteiger partial charge in [-0.05, 0) is 32.4 Å². The first kappa shape index (κ1) is 13.9. The Morgan fingerprint density at radius 1 is 1.16 bits per heavy atom. The Morgan fingerprint density at radius 3 is 2.37 bits per heavy atom. The van der Waals surface area contributed by atoms with Crippen molar-refractivity contribution >= 4 is 17.4 Å². The summed E-state index contributed by atoms with van der Waals surface area (Å²) in [6.45, 7) is 6.86. The van der Waals surface area contributed by atoms with Crippen molar-refractivity contribution in [1.82, 2.24) is 4.57 Å². The molecule has 0 aliphatic carbocycles. The number of benzene rings is 1. The van der Waals surface area contributed by atoms with Gasteiger partial charge in [0.15, 0.2) is 5.78 Å². The Balaban J connectivity index is 2.33. The molecule has 0 atom stereocenters. The van der Waals surface area contributed by atoms with Crippen LogP contribution >= 0.6 is 11.6 Å². The molecule has 2 rings (SSSR count). The molecule has 0 amide bonds. The van der Waals surface area contributed by atoms with E-state index in [1.54, 1.807) is 0 Å². The monoisotopic (exact) mass is 275 g/mol. The fourth-order valence-electron chi connectivity index (χ4n) is 2.27. The predicted molar refractivity (Wildman–Crippen MR) is 79.2 cm³/mol. The minimum absolute atomic E-state index is 0.00933. The molecule has 0 bridgehead atoms. The Kier molecular flexibility index (Phi) is 4.11. The highest BCUT2D eigenvalue weighted by atomic mass is 35.5. The summed E-state index contributed by atoms with van der Waals surface area (Å²) in [4.78, 5) is 11.8. The summed E-state index contributed by atoms with van der Waals surface area (Å²) < 4.78 is 2.16. The third kappa shape index (κ3) is 2.90. The normalized spacial score (nSPS) is 10.7. The van der Waals surface area contributed by atoms with Crippen LogP contribution in [-0.4, -0.2) is 16.2 Å². The Morgan fingerprint density at radius 2 is 1.79 bits per heavy atom. The van der Waals surface area contributed by atoms with Crippen LogP contribution in [0.5, 0.6) is 0 Å². The third-order valence-corrected chi connectivity index (χ3v) is 3.70. The van der Waals surface area contributed by atoms with E-state index in [2.05, 4.69) is 35.8 Å². The molecule has 0 saturated carbocycles. The minimum atomic E-state index is -0.00933. The molecule has 0 aliphatic rings. The van der Waals surface area contributed by atoms with Crippen molar-refractivity contribution in [3.05, 3.63) is 58.4 Å². The van der Waals surface area contributed by atoms with Gasteiger partial charge in [0.1, 0.15) is 0 Å². The molecule has 1 aromatic carbocycles. The predicted octanol–water partition coefficient (Wildman–Crippen LogP) is 3.88. The number of halogens is 1. The molecule has 100 valence electrons. The van der Waals surface area contributed by atoms with Gasteiger partial charge in [0.2, 0.25) is 0 Å². The zero-order valence-corrected chi connectivity index (χ0v) is 12.3. The summed E-state index contributed by atoms with van der Waals surface area (Å²) in [5.74, 6) is 0.0272. The molecule has 0 aliphatic heterocycles. The lowest BCUT2D eigenvalue weighted by atomic mass is 10.1. The summed E-state index contributed by atoms with van der Waals surface area (Å²) >= 11 is 5.64. The van der Waals surface area contributed by atoms with Crippen LogP contribution in [0.3, 0.4) is 0 Å². The number of hydrogen-bond acceptors (Lipinski definition) is 1. The lowest BCUT2D eigenvalue weighted by Gasteiger charge is -2.10. The number of Topliss-reactive ketones (excluding diaryl/α,β-unsaturated/α-hetero) is 1. The molecule has 0 radical (unpaired) electrons. The number of ketones is 1. The topological polar surface area (TPSA) is 22.0 Å². The van der Waals surface area contributed by atoms with Gasteiger partial charge in [-0.25, -0.2) is 0 Å². The van der Waals surface area contributed by atoms with Crippen LogP contribution in [0.4, 0.5) is 0 Å². The Hall–Kier alpha value is -1.54. The molecule has 0 N–H and O–H groups in total. The number of carbonyl (C=O) groups excluding carboxylic acids is 1. The quantitative estimate of drug-likeness (QED) is 0.613. The standard InChI is InChI=1S/C16H18ClNO/c1-11-4-6-14(7-5-11)10-18-12(2)8-15(13(18)3)16(19)9-17/h4-8H,9-10H2,1-3H3. The lowest BCUT2D eigenvalue weighted by molar-refractivity contribution is 0.102. The summed E-state index contributed by atoms with van der Waals surface area (Å²) in [5, 5.41) is 0. The van der Waals surface area contributed by atoms with Gasteiger partial charge in [-0.2, -0.15) is 0 Å². The number of aromatic nitrogens is 1. The van der Waals surface area contributed by atoms with Crippen LogP contribution in [0, 0.1) is 20.8 Å². The molecular weight excluding hydrogens is 258 g/mol. The molecule has 1 heterocycles.